The molecule has 1 amide bonds. The maximum atomic E-state index is 12.4. The molecule has 7 heteroatoms. The molecule has 0 unspecified atom stereocenters. The lowest BCUT2D eigenvalue weighted by Crippen LogP contribution is -2.13. The Hall–Kier alpha value is -4.18. The van der Waals surface area contributed by atoms with Gasteiger partial charge in [-0.3, -0.25) is 14.9 Å². The summed E-state index contributed by atoms with van der Waals surface area (Å²) < 4.78 is 5.66. The molecule has 3 aromatic rings. The van der Waals surface area contributed by atoms with Crippen LogP contribution in [0.2, 0.25) is 0 Å². The SMILES string of the molecule is CCc1ccc(NC(=O)C(C#N)=Cc2ccc(-c3ccc([N+](=O)[O-])cc3)o2)cc1. The Bertz CT molecular complexity index is 1100. The van der Waals surface area contributed by atoms with E-state index in [2.05, 4.69) is 5.32 Å². The highest BCUT2D eigenvalue weighted by molar-refractivity contribution is 6.09. The van der Waals surface area contributed by atoms with Gasteiger partial charge in [0.05, 0.1) is 4.92 Å². The lowest BCUT2D eigenvalue weighted by atomic mass is 10.1. The van der Waals surface area contributed by atoms with Gasteiger partial charge in [0.2, 0.25) is 0 Å². The number of hydrogen-bond donors (Lipinski definition) is 1. The lowest BCUT2D eigenvalue weighted by molar-refractivity contribution is -0.384. The maximum Gasteiger partial charge on any atom is 0.269 e. The molecule has 0 spiro atoms. The first kappa shape index (κ1) is 19.6. The number of aryl methyl sites for hydroxylation is 1. The van der Waals surface area contributed by atoms with Gasteiger partial charge in [0.25, 0.3) is 11.6 Å². The molecular weight excluding hydrogens is 370 g/mol. The number of carbonyl (C=O) groups is 1. The normalized spacial score (nSPS) is 11.0. The molecule has 1 N–H and O–H groups in total. The van der Waals surface area contributed by atoms with Crippen molar-refractivity contribution in [3.8, 4) is 17.4 Å². The molecule has 7 nitrogen and oxygen atoms in total. The van der Waals surface area contributed by atoms with E-state index in [-0.39, 0.29) is 11.3 Å². The minimum atomic E-state index is -0.537. The van der Waals surface area contributed by atoms with Crippen molar-refractivity contribution in [3.05, 3.63) is 87.7 Å². The molecule has 144 valence electrons. The minimum Gasteiger partial charge on any atom is -0.457 e. The van der Waals surface area contributed by atoms with Crippen molar-refractivity contribution in [2.24, 2.45) is 0 Å². The molecule has 0 saturated heterocycles. The van der Waals surface area contributed by atoms with Crippen LogP contribution in [0.4, 0.5) is 11.4 Å². The number of nitro groups is 1. The van der Waals surface area contributed by atoms with Crippen LogP contribution in [0.15, 0.2) is 70.7 Å². The van der Waals surface area contributed by atoms with Gasteiger partial charge in [-0.2, -0.15) is 5.26 Å². The molecule has 2 aromatic carbocycles. The predicted octanol–water partition coefficient (Wildman–Crippen LogP) is 4.96. The van der Waals surface area contributed by atoms with Crippen LogP contribution in [0.1, 0.15) is 18.2 Å². The van der Waals surface area contributed by atoms with Crippen LogP contribution in [-0.2, 0) is 11.2 Å². The second-order valence-electron chi connectivity index (χ2n) is 6.18. The quantitative estimate of drug-likeness (QED) is 0.278. The Balaban J connectivity index is 1.76. The van der Waals surface area contributed by atoms with Gasteiger partial charge in [-0.15, -0.1) is 0 Å². The zero-order valence-electron chi connectivity index (χ0n) is 15.6. The molecule has 0 fully saturated rings. The topological polar surface area (TPSA) is 109 Å². The summed E-state index contributed by atoms with van der Waals surface area (Å²) in [5.74, 6) is 0.260. The molecule has 0 aliphatic heterocycles. The summed E-state index contributed by atoms with van der Waals surface area (Å²) in [6.07, 6.45) is 2.25. The van der Waals surface area contributed by atoms with Crippen molar-refractivity contribution in [3.63, 3.8) is 0 Å². The molecule has 1 aromatic heterocycles. The van der Waals surface area contributed by atoms with Crippen LogP contribution in [0.25, 0.3) is 17.4 Å². The van der Waals surface area contributed by atoms with E-state index in [9.17, 15) is 20.2 Å². The summed E-state index contributed by atoms with van der Waals surface area (Å²) in [6.45, 7) is 2.04. The van der Waals surface area contributed by atoms with Crippen LogP contribution in [0.5, 0.6) is 0 Å². The van der Waals surface area contributed by atoms with Crippen molar-refractivity contribution in [2.75, 3.05) is 5.32 Å². The second-order valence-corrected chi connectivity index (χ2v) is 6.18. The smallest absolute Gasteiger partial charge is 0.269 e. The number of nitrogens with zero attached hydrogens (tertiary/aromatic N) is 2. The largest absolute Gasteiger partial charge is 0.457 e. The Labute approximate surface area is 167 Å². The number of non-ortho nitro benzene ring substituents is 1. The van der Waals surface area contributed by atoms with E-state index in [0.717, 1.165) is 12.0 Å². The number of amides is 1. The summed E-state index contributed by atoms with van der Waals surface area (Å²) in [4.78, 5) is 22.6. The van der Waals surface area contributed by atoms with Crippen molar-refractivity contribution < 1.29 is 14.1 Å². The van der Waals surface area contributed by atoms with Gasteiger partial charge in [-0.25, -0.2) is 0 Å². The van der Waals surface area contributed by atoms with E-state index in [1.165, 1.54) is 18.2 Å². The summed E-state index contributed by atoms with van der Waals surface area (Å²) in [5.41, 5.74) is 2.27. The first-order valence-corrected chi connectivity index (χ1v) is 8.87. The van der Waals surface area contributed by atoms with Gasteiger partial charge in [0.1, 0.15) is 23.2 Å². The zero-order valence-corrected chi connectivity index (χ0v) is 15.6. The summed E-state index contributed by atoms with van der Waals surface area (Å²) in [5, 5.41) is 22.8. The summed E-state index contributed by atoms with van der Waals surface area (Å²) >= 11 is 0. The van der Waals surface area contributed by atoms with Gasteiger partial charge < -0.3 is 9.73 Å². The number of benzene rings is 2. The van der Waals surface area contributed by atoms with Gasteiger partial charge >= 0.3 is 0 Å². The number of furan rings is 1. The molecule has 3 rings (SSSR count). The first-order chi connectivity index (χ1) is 14.0. The van der Waals surface area contributed by atoms with Crippen LogP contribution in [0.3, 0.4) is 0 Å². The third kappa shape index (κ3) is 4.76. The number of nitriles is 1. The number of nitrogens with one attached hydrogen (secondary N) is 1. The van der Waals surface area contributed by atoms with Crippen LogP contribution < -0.4 is 5.32 Å². The maximum absolute atomic E-state index is 12.4. The molecule has 29 heavy (non-hydrogen) atoms. The van der Waals surface area contributed by atoms with Crippen LogP contribution >= 0.6 is 0 Å². The molecule has 0 radical (unpaired) electrons. The van der Waals surface area contributed by atoms with Crippen LogP contribution in [-0.4, -0.2) is 10.8 Å². The third-order valence-electron chi connectivity index (χ3n) is 4.26. The Morgan fingerprint density at radius 3 is 2.41 bits per heavy atom. The first-order valence-electron chi connectivity index (χ1n) is 8.87. The number of rotatable bonds is 6. The van der Waals surface area contributed by atoms with Gasteiger partial charge in [0, 0.05) is 29.5 Å². The fraction of sp³-hybridized carbons (Fsp3) is 0.0909. The summed E-state index contributed by atoms with van der Waals surface area (Å²) in [6, 6.07) is 18.5. The molecule has 0 aliphatic carbocycles. The average Bonchev–Trinajstić information content (AvgIpc) is 3.21. The van der Waals surface area contributed by atoms with E-state index in [1.54, 1.807) is 36.4 Å². The van der Waals surface area contributed by atoms with E-state index in [1.807, 2.05) is 25.1 Å². The molecule has 0 atom stereocenters. The highest BCUT2D eigenvalue weighted by atomic mass is 16.6. The Kier molecular flexibility index (Phi) is 5.85. The van der Waals surface area contributed by atoms with E-state index >= 15 is 0 Å². The van der Waals surface area contributed by atoms with Gasteiger partial charge in [0.15, 0.2) is 0 Å². The molecule has 0 saturated carbocycles. The van der Waals surface area contributed by atoms with E-state index < -0.39 is 10.8 Å². The number of carbonyl (C=O) groups excluding carboxylic acids is 1. The summed E-state index contributed by atoms with van der Waals surface area (Å²) in [7, 11) is 0. The molecular formula is C22H17N3O4. The fourth-order valence-electron chi connectivity index (χ4n) is 2.65. The molecule has 0 aliphatic rings. The van der Waals surface area contributed by atoms with Gasteiger partial charge in [-0.1, -0.05) is 19.1 Å². The number of nitro benzene ring substituents is 1. The highest BCUT2D eigenvalue weighted by Crippen LogP contribution is 2.25. The minimum absolute atomic E-state index is 0.0177. The molecule has 1 heterocycles. The van der Waals surface area contributed by atoms with Crippen LogP contribution in [0, 0.1) is 21.4 Å². The van der Waals surface area contributed by atoms with E-state index in [4.69, 9.17) is 4.42 Å². The fourth-order valence-corrected chi connectivity index (χ4v) is 2.65. The van der Waals surface area contributed by atoms with E-state index in [0.29, 0.717) is 22.8 Å². The van der Waals surface area contributed by atoms with Crippen molar-refractivity contribution in [2.45, 2.75) is 13.3 Å². The van der Waals surface area contributed by atoms with Crippen molar-refractivity contribution in [1.29, 1.82) is 5.26 Å². The number of hydrogen-bond acceptors (Lipinski definition) is 5. The van der Waals surface area contributed by atoms with Crippen molar-refractivity contribution >= 4 is 23.4 Å². The van der Waals surface area contributed by atoms with Gasteiger partial charge in [-0.05, 0) is 48.4 Å². The number of anilines is 1. The molecule has 0 bridgehead atoms. The third-order valence-corrected chi connectivity index (χ3v) is 4.26. The van der Waals surface area contributed by atoms with Crippen molar-refractivity contribution in [1.82, 2.24) is 0 Å². The monoisotopic (exact) mass is 387 g/mol. The standard InChI is InChI=1S/C22H17N3O4/c1-2-15-3-7-18(8-4-15)24-22(26)17(14-23)13-20-11-12-21(29-20)16-5-9-19(10-6-16)25(27)28/h3-13H,2H2,1H3,(H,24,26). The lowest BCUT2D eigenvalue weighted by Gasteiger charge is -2.05. The average molecular weight is 387 g/mol. The Morgan fingerprint density at radius 1 is 1.14 bits per heavy atom. The second kappa shape index (κ2) is 8.67. The zero-order chi connectivity index (χ0) is 20.8. The Morgan fingerprint density at radius 2 is 1.83 bits per heavy atom. The highest BCUT2D eigenvalue weighted by Gasteiger charge is 2.12. The predicted molar refractivity (Wildman–Crippen MR) is 109 cm³/mol.